The number of hydrogen-bond acceptors (Lipinski definition) is 2. The van der Waals surface area contributed by atoms with Crippen molar-refractivity contribution in [3.05, 3.63) is 29.2 Å². The average Bonchev–Trinajstić information content (AvgIpc) is 2.04. The molecule has 1 heterocycles. The van der Waals surface area contributed by atoms with Crippen LogP contribution in [-0.4, -0.2) is 12.1 Å². The van der Waals surface area contributed by atoms with Crippen molar-refractivity contribution in [2.45, 2.75) is 6.92 Å². The molecule has 0 saturated heterocycles. The zero-order chi connectivity index (χ0) is 8.27. The van der Waals surface area contributed by atoms with Crippen LogP contribution in [0.1, 0.15) is 5.56 Å². The molecule has 0 atom stereocenters. The van der Waals surface area contributed by atoms with E-state index in [1.807, 2.05) is 6.92 Å². The molecule has 56 valence electrons. The van der Waals surface area contributed by atoms with Crippen molar-refractivity contribution in [2.24, 2.45) is 0 Å². The molecule has 3 nitrogen and oxygen atoms in total. The molecule has 0 aliphatic heterocycles. The number of ether oxygens (including phenoxy) is 1. The Bertz CT molecular complexity index is 301. The minimum Gasteiger partial charge on any atom is -0.493 e. The average molecular weight is 148 g/mol. The van der Waals surface area contributed by atoms with E-state index in [2.05, 4.69) is 9.83 Å². The first-order valence-electron chi connectivity index (χ1n) is 3.16. The molecule has 0 radical (unpaired) electrons. The first-order chi connectivity index (χ1) is 5.27. The van der Waals surface area contributed by atoms with Gasteiger partial charge in [-0.15, -0.1) is 4.98 Å². The largest absolute Gasteiger partial charge is 0.493 e. The Morgan fingerprint density at radius 1 is 1.64 bits per heavy atom. The topological polar surface area (TPSA) is 26.5 Å². The van der Waals surface area contributed by atoms with Gasteiger partial charge in [-0.25, -0.2) is 0 Å². The molecule has 3 heteroatoms. The Balaban J connectivity index is 3.12. The van der Waals surface area contributed by atoms with Gasteiger partial charge in [0.2, 0.25) is 0 Å². The Morgan fingerprint density at radius 2 is 2.36 bits per heavy atom. The minimum atomic E-state index is 0.436. The maximum absolute atomic E-state index is 6.73. The predicted molar refractivity (Wildman–Crippen MR) is 41.8 cm³/mol. The van der Waals surface area contributed by atoms with Crippen molar-refractivity contribution in [1.82, 2.24) is 4.98 Å². The molecule has 11 heavy (non-hydrogen) atoms. The fourth-order valence-electron chi connectivity index (χ4n) is 0.770. The van der Waals surface area contributed by atoms with Gasteiger partial charge >= 0.3 is 0 Å². The molecule has 0 amide bonds. The summed E-state index contributed by atoms with van der Waals surface area (Å²) >= 11 is 0. The first-order valence-corrected chi connectivity index (χ1v) is 3.16. The number of pyridine rings is 1. The molecule has 0 N–H and O–H groups in total. The van der Waals surface area contributed by atoms with Gasteiger partial charge in [0.1, 0.15) is 0 Å². The van der Waals surface area contributed by atoms with Crippen molar-refractivity contribution < 1.29 is 4.74 Å². The van der Waals surface area contributed by atoms with Crippen LogP contribution in [0.15, 0.2) is 12.3 Å². The van der Waals surface area contributed by atoms with Crippen LogP contribution in [0.2, 0.25) is 0 Å². The van der Waals surface area contributed by atoms with Crippen LogP contribution in [0.4, 0.5) is 5.82 Å². The predicted octanol–water partition coefficient (Wildman–Crippen LogP) is 1.95. The molecule has 1 rings (SSSR count). The summed E-state index contributed by atoms with van der Waals surface area (Å²) in [6.07, 6.45) is 1.54. The van der Waals surface area contributed by atoms with Crippen molar-refractivity contribution in [2.75, 3.05) is 7.11 Å². The zero-order valence-electron chi connectivity index (χ0n) is 6.46. The van der Waals surface area contributed by atoms with Gasteiger partial charge in [0, 0.05) is 0 Å². The van der Waals surface area contributed by atoms with Gasteiger partial charge in [-0.1, -0.05) is 6.57 Å². The SMILES string of the molecule is [C-]#[N+]c1ncc(OC)cc1C. The highest BCUT2D eigenvalue weighted by Crippen LogP contribution is 2.19. The summed E-state index contributed by atoms with van der Waals surface area (Å²) in [7, 11) is 1.58. The van der Waals surface area contributed by atoms with Crippen molar-refractivity contribution >= 4 is 5.82 Å². The van der Waals surface area contributed by atoms with Crippen molar-refractivity contribution in [1.29, 1.82) is 0 Å². The standard InChI is InChI=1S/C8H8N2O/c1-6-4-7(11-3)5-10-8(6)9-2/h4-5H,1,3H3. The molecule has 0 aliphatic carbocycles. The van der Waals surface area contributed by atoms with Crippen LogP contribution in [0, 0.1) is 13.5 Å². The van der Waals surface area contributed by atoms with Gasteiger partial charge < -0.3 is 9.58 Å². The quantitative estimate of drug-likeness (QED) is 0.569. The summed E-state index contributed by atoms with van der Waals surface area (Å²) in [5.74, 6) is 1.13. The summed E-state index contributed by atoms with van der Waals surface area (Å²) in [5.41, 5.74) is 0.847. The zero-order valence-corrected chi connectivity index (χ0v) is 6.46. The number of aromatic nitrogens is 1. The van der Waals surface area contributed by atoms with Crippen molar-refractivity contribution in [3.63, 3.8) is 0 Å². The van der Waals surface area contributed by atoms with Crippen LogP contribution in [0.3, 0.4) is 0 Å². The molecule has 0 unspecified atom stereocenters. The third kappa shape index (κ3) is 1.47. The maximum Gasteiger partial charge on any atom is 0.272 e. The molecule has 0 bridgehead atoms. The van der Waals surface area contributed by atoms with Crippen LogP contribution in [-0.2, 0) is 0 Å². The summed E-state index contributed by atoms with van der Waals surface area (Å²) in [4.78, 5) is 7.12. The van der Waals surface area contributed by atoms with Crippen LogP contribution < -0.4 is 4.74 Å². The molecule has 0 aromatic carbocycles. The Hall–Kier alpha value is -1.56. The lowest BCUT2D eigenvalue weighted by Crippen LogP contribution is -1.85. The third-order valence-electron chi connectivity index (χ3n) is 1.37. The number of methoxy groups -OCH3 is 1. The summed E-state index contributed by atoms with van der Waals surface area (Å²) in [5, 5.41) is 0. The van der Waals surface area contributed by atoms with Crippen LogP contribution >= 0.6 is 0 Å². The highest BCUT2D eigenvalue weighted by Gasteiger charge is 2.00. The molecule has 1 aromatic rings. The van der Waals surface area contributed by atoms with E-state index in [-0.39, 0.29) is 0 Å². The van der Waals surface area contributed by atoms with Gasteiger partial charge in [0.05, 0.1) is 7.11 Å². The van der Waals surface area contributed by atoms with E-state index in [1.54, 1.807) is 19.4 Å². The van der Waals surface area contributed by atoms with E-state index in [1.165, 1.54) is 0 Å². The van der Waals surface area contributed by atoms with Crippen molar-refractivity contribution in [3.8, 4) is 5.75 Å². The van der Waals surface area contributed by atoms with Gasteiger partial charge in [0.25, 0.3) is 5.82 Å². The molecule has 0 aliphatic rings. The fraction of sp³-hybridized carbons (Fsp3) is 0.250. The van der Waals surface area contributed by atoms with E-state index in [0.29, 0.717) is 11.6 Å². The molecule has 0 fully saturated rings. The normalized spacial score (nSPS) is 8.82. The van der Waals surface area contributed by atoms with Gasteiger partial charge in [-0.2, -0.15) is 0 Å². The van der Waals surface area contributed by atoms with E-state index in [9.17, 15) is 0 Å². The van der Waals surface area contributed by atoms with E-state index in [4.69, 9.17) is 11.3 Å². The second-order valence-corrected chi connectivity index (χ2v) is 2.13. The summed E-state index contributed by atoms with van der Waals surface area (Å²) < 4.78 is 4.93. The lowest BCUT2D eigenvalue weighted by atomic mass is 10.3. The number of rotatable bonds is 1. The highest BCUT2D eigenvalue weighted by atomic mass is 16.5. The van der Waals surface area contributed by atoms with Gasteiger partial charge in [-0.3, -0.25) is 0 Å². The fourth-order valence-corrected chi connectivity index (χ4v) is 0.770. The first kappa shape index (κ1) is 7.55. The second kappa shape index (κ2) is 3.02. The number of nitrogens with zero attached hydrogens (tertiary/aromatic N) is 2. The Kier molecular flexibility index (Phi) is 2.07. The molecular formula is C8H8N2O. The summed E-state index contributed by atoms with van der Waals surface area (Å²) in [6, 6.07) is 1.79. The lowest BCUT2D eigenvalue weighted by molar-refractivity contribution is 0.412. The van der Waals surface area contributed by atoms with E-state index < -0.39 is 0 Å². The molecule has 1 aromatic heterocycles. The Morgan fingerprint density at radius 3 is 2.82 bits per heavy atom. The van der Waals surface area contributed by atoms with Crippen LogP contribution in [0.25, 0.3) is 4.85 Å². The van der Waals surface area contributed by atoms with E-state index in [0.717, 1.165) is 5.56 Å². The molecular weight excluding hydrogens is 140 g/mol. The Labute approximate surface area is 65.5 Å². The summed E-state index contributed by atoms with van der Waals surface area (Å²) in [6.45, 7) is 8.57. The van der Waals surface area contributed by atoms with Crippen LogP contribution in [0.5, 0.6) is 5.75 Å². The third-order valence-corrected chi connectivity index (χ3v) is 1.37. The van der Waals surface area contributed by atoms with E-state index >= 15 is 0 Å². The highest BCUT2D eigenvalue weighted by molar-refractivity contribution is 5.46. The monoisotopic (exact) mass is 148 g/mol. The maximum atomic E-state index is 6.73. The molecule has 0 saturated carbocycles. The molecule has 0 spiro atoms. The van der Waals surface area contributed by atoms with Gasteiger partial charge in [0.15, 0.2) is 11.9 Å². The number of hydrogen-bond donors (Lipinski definition) is 0. The second-order valence-electron chi connectivity index (χ2n) is 2.13. The smallest absolute Gasteiger partial charge is 0.272 e. The number of aryl methyl sites for hydroxylation is 1. The minimum absolute atomic E-state index is 0.436. The van der Waals surface area contributed by atoms with Gasteiger partial charge in [-0.05, 0) is 18.6 Å². The lowest BCUT2D eigenvalue weighted by Gasteiger charge is -1.98.